The Balaban J connectivity index is 1.46. The van der Waals surface area contributed by atoms with Gasteiger partial charge in [0.15, 0.2) is 11.6 Å². The predicted molar refractivity (Wildman–Crippen MR) is 143 cm³/mol. The van der Waals surface area contributed by atoms with E-state index in [4.69, 9.17) is 10.5 Å². The molecule has 38 heavy (non-hydrogen) atoms. The third-order valence-corrected chi connectivity index (χ3v) is 7.31. The number of carbonyl (C=O) groups is 4. The number of nitrogens with two attached hydrogens (primary N) is 1. The van der Waals surface area contributed by atoms with Gasteiger partial charge in [0.25, 0.3) is 5.91 Å². The van der Waals surface area contributed by atoms with Gasteiger partial charge in [-0.1, -0.05) is 17.9 Å². The Labute approximate surface area is 224 Å². The Bertz CT molecular complexity index is 1190. The van der Waals surface area contributed by atoms with Crippen LogP contribution in [0.5, 0.6) is 0 Å². The Morgan fingerprint density at radius 3 is 2.55 bits per heavy atom. The smallest absolute Gasteiger partial charge is 0.410 e. The highest BCUT2D eigenvalue weighted by Gasteiger charge is 2.37. The van der Waals surface area contributed by atoms with E-state index in [-0.39, 0.29) is 48.6 Å². The summed E-state index contributed by atoms with van der Waals surface area (Å²) >= 11 is 0. The van der Waals surface area contributed by atoms with Gasteiger partial charge in [-0.3, -0.25) is 14.4 Å². The fourth-order valence-corrected chi connectivity index (χ4v) is 5.31. The molecule has 2 N–H and O–H groups in total. The summed E-state index contributed by atoms with van der Waals surface area (Å²) in [6, 6.07) is 5.03. The maximum absolute atomic E-state index is 13.1. The molecule has 0 spiro atoms. The van der Waals surface area contributed by atoms with Crippen LogP contribution in [0.25, 0.3) is 0 Å². The van der Waals surface area contributed by atoms with Gasteiger partial charge in [-0.25, -0.2) is 4.79 Å². The van der Waals surface area contributed by atoms with E-state index < -0.39 is 11.6 Å². The molecule has 1 fully saturated rings. The fourth-order valence-electron chi connectivity index (χ4n) is 5.31. The van der Waals surface area contributed by atoms with Crippen molar-refractivity contribution in [3.8, 4) is 11.8 Å². The van der Waals surface area contributed by atoms with Crippen LogP contribution in [0.3, 0.4) is 0 Å². The van der Waals surface area contributed by atoms with Crippen molar-refractivity contribution in [3.63, 3.8) is 0 Å². The van der Waals surface area contributed by atoms with Crippen LogP contribution < -0.4 is 5.73 Å². The van der Waals surface area contributed by atoms with Crippen LogP contribution in [0.15, 0.2) is 30.4 Å². The molecule has 1 aliphatic heterocycles. The van der Waals surface area contributed by atoms with Crippen molar-refractivity contribution >= 4 is 23.6 Å². The molecule has 0 radical (unpaired) electrons. The molecule has 2 aliphatic carbocycles. The number of carbonyl (C=O) groups excluding carboxylic acids is 4. The van der Waals surface area contributed by atoms with Crippen LogP contribution in [0.2, 0.25) is 0 Å². The monoisotopic (exact) mass is 519 g/mol. The SMILES string of the molecule is CC(C)(C)OC(=O)N(CCC#Cc1cccc2c1CN(C1CCC(=O)C=CC1=O)C2=O)C1CCC(N)CC1. The molecule has 1 aromatic rings. The third kappa shape index (κ3) is 6.51. The minimum atomic E-state index is -0.649. The second-order valence-electron chi connectivity index (χ2n) is 11.3. The first-order valence-electron chi connectivity index (χ1n) is 13.4. The molecule has 1 atom stereocenters. The van der Waals surface area contributed by atoms with Crippen molar-refractivity contribution in [1.29, 1.82) is 0 Å². The van der Waals surface area contributed by atoms with E-state index >= 15 is 0 Å². The lowest BCUT2D eigenvalue weighted by atomic mass is 9.91. The first-order valence-corrected chi connectivity index (χ1v) is 13.4. The largest absolute Gasteiger partial charge is 0.444 e. The molecule has 2 amide bonds. The van der Waals surface area contributed by atoms with Gasteiger partial charge < -0.3 is 20.3 Å². The number of ketones is 2. The zero-order valence-electron chi connectivity index (χ0n) is 22.5. The minimum Gasteiger partial charge on any atom is -0.444 e. The lowest BCUT2D eigenvalue weighted by Gasteiger charge is -2.36. The molecule has 3 aliphatic rings. The van der Waals surface area contributed by atoms with Gasteiger partial charge in [-0.2, -0.15) is 0 Å². The summed E-state index contributed by atoms with van der Waals surface area (Å²) in [5, 5.41) is 0. The van der Waals surface area contributed by atoms with Gasteiger partial charge in [-0.15, -0.1) is 0 Å². The topological polar surface area (TPSA) is 110 Å². The van der Waals surface area contributed by atoms with E-state index in [2.05, 4.69) is 11.8 Å². The molecule has 202 valence electrons. The molecular weight excluding hydrogens is 482 g/mol. The lowest BCUT2D eigenvalue weighted by molar-refractivity contribution is -0.119. The number of ether oxygens (including phenoxy) is 1. The molecule has 4 rings (SSSR count). The summed E-state index contributed by atoms with van der Waals surface area (Å²) in [7, 11) is 0. The van der Waals surface area contributed by atoms with Crippen LogP contribution in [0, 0.1) is 11.8 Å². The minimum absolute atomic E-state index is 0.0802. The van der Waals surface area contributed by atoms with Crippen molar-refractivity contribution in [1.82, 2.24) is 9.80 Å². The van der Waals surface area contributed by atoms with Crippen molar-refractivity contribution in [2.24, 2.45) is 5.73 Å². The first kappa shape index (κ1) is 27.6. The molecule has 0 aromatic heterocycles. The van der Waals surface area contributed by atoms with Gasteiger partial charge in [0.05, 0.1) is 6.04 Å². The van der Waals surface area contributed by atoms with Gasteiger partial charge in [-0.05, 0) is 82.7 Å². The van der Waals surface area contributed by atoms with Crippen LogP contribution in [-0.4, -0.2) is 63.6 Å². The molecule has 0 saturated heterocycles. The summed E-state index contributed by atoms with van der Waals surface area (Å²) in [5.74, 6) is 5.83. The van der Waals surface area contributed by atoms with Gasteiger partial charge in [0.2, 0.25) is 0 Å². The predicted octanol–water partition coefficient (Wildman–Crippen LogP) is 3.75. The van der Waals surface area contributed by atoms with Crippen LogP contribution >= 0.6 is 0 Å². The second-order valence-corrected chi connectivity index (χ2v) is 11.3. The van der Waals surface area contributed by atoms with E-state index in [1.54, 1.807) is 21.9 Å². The summed E-state index contributed by atoms with van der Waals surface area (Å²) in [6.07, 6.45) is 6.71. The highest BCUT2D eigenvalue weighted by molar-refractivity contribution is 6.07. The van der Waals surface area contributed by atoms with E-state index in [9.17, 15) is 19.2 Å². The van der Waals surface area contributed by atoms with Crippen molar-refractivity contribution in [3.05, 3.63) is 47.0 Å². The average Bonchev–Trinajstić information content (AvgIpc) is 3.09. The number of rotatable bonds is 4. The highest BCUT2D eigenvalue weighted by atomic mass is 16.6. The van der Waals surface area contributed by atoms with E-state index in [1.807, 2.05) is 26.8 Å². The number of hydrogen-bond acceptors (Lipinski definition) is 6. The van der Waals surface area contributed by atoms with Crippen LogP contribution in [0.4, 0.5) is 4.79 Å². The lowest BCUT2D eigenvalue weighted by Crippen LogP contribution is -2.46. The van der Waals surface area contributed by atoms with E-state index in [0.717, 1.165) is 36.8 Å². The normalized spacial score (nSPS) is 23.4. The summed E-state index contributed by atoms with van der Waals surface area (Å²) < 4.78 is 5.67. The molecule has 1 aromatic carbocycles. The average molecular weight is 520 g/mol. The van der Waals surface area contributed by atoms with Crippen LogP contribution in [-0.2, 0) is 20.9 Å². The Hall–Kier alpha value is -3.44. The number of allylic oxidation sites excluding steroid dienone is 1. The summed E-state index contributed by atoms with van der Waals surface area (Å²) in [5.41, 5.74) is 7.56. The zero-order valence-corrected chi connectivity index (χ0v) is 22.5. The Kier molecular flexibility index (Phi) is 8.37. The summed E-state index contributed by atoms with van der Waals surface area (Å²) in [4.78, 5) is 53.8. The second kappa shape index (κ2) is 11.5. The molecule has 1 saturated carbocycles. The molecule has 0 bridgehead atoms. The Morgan fingerprint density at radius 2 is 1.84 bits per heavy atom. The Morgan fingerprint density at radius 1 is 1.11 bits per heavy atom. The van der Waals surface area contributed by atoms with Crippen molar-refractivity contribution < 1.29 is 23.9 Å². The number of nitrogens with zero attached hydrogens (tertiary/aromatic N) is 2. The van der Waals surface area contributed by atoms with Crippen molar-refractivity contribution in [2.75, 3.05) is 6.54 Å². The third-order valence-electron chi connectivity index (χ3n) is 7.31. The van der Waals surface area contributed by atoms with Crippen LogP contribution in [0.1, 0.15) is 87.2 Å². The van der Waals surface area contributed by atoms with Gasteiger partial charge >= 0.3 is 6.09 Å². The van der Waals surface area contributed by atoms with Gasteiger partial charge in [0.1, 0.15) is 5.60 Å². The standard InChI is InChI=1S/C30H37N3O5/c1-30(2,3)38-29(37)32(22-12-10-21(31)11-13-22)18-5-4-7-20-8-6-9-24-25(20)19-33(28(24)36)26-16-14-23(34)15-17-27(26)35/h6,8-9,15,17,21-22,26H,5,10-14,16,18-19,31H2,1-3H3. The molecule has 1 heterocycles. The summed E-state index contributed by atoms with van der Waals surface area (Å²) in [6.45, 7) is 6.30. The highest BCUT2D eigenvalue weighted by Crippen LogP contribution is 2.30. The molecular formula is C30H37N3O5. The molecule has 8 heteroatoms. The van der Waals surface area contributed by atoms with Gasteiger partial charge in [0, 0.05) is 49.1 Å². The zero-order chi connectivity index (χ0) is 27.4. The number of benzene rings is 1. The van der Waals surface area contributed by atoms with Crippen molar-refractivity contribution in [2.45, 2.75) is 96.0 Å². The quantitative estimate of drug-likeness (QED) is 0.607. The fraction of sp³-hybridized carbons (Fsp3) is 0.533. The van der Waals surface area contributed by atoms with E-state index in [0.29, 0.717) is 24.9 Å². The first-order chi connectivity index (χ1) is 18.0. The maximum atomic E-state index is 13.1. The number of fused-ring (bicyclic) bond motifs is 1. The molecule has 1 unspecified atom stereocenters. The number of amides is 2. The maximum Gasteiger partial charge on any atom is 0.410 e. The number of hydrogen-bond donors (Lipinski definition) is 1. The van der Waals surface area contributed by atoms with E-state index in [1.165, 1.54) is 12.2 Å². The molecule has 8 nitrogen and oxygen atoms in total.